The van der Waals surface area contributed by atoms with Crippen molar-refractivity contribution >= 4 is 5.69 Å². The molecule has 0 atom stereocenters. The van der Waals surface area contributed by atoms with E-state index in [1.54, 1.807) is 6.07 Å². The van der Waals surface area contributed by atoms with Gasteiger partial charge in [-0.3, -0.25) is 0 Å². The molecule has 2 heteroatoms. The Balaban J connectivity index is 3.34. The SMILES string of the molecule is Cc1ccc(O)c(N)c1C. The summed E-state index contributed by atoms with van der Waals surface area (Å²) in [5, 5.41) is 9.10. The lowest BCUT2D eigenvalue weighted by Crippen LogP contribution is -1.91. The van der Waals surface area contributed by atoms with Crippen molar-refractivity contribution in [3.05, 3.63) is 23.3 Å². The summed E-state index contributed by atoms with van der Waals surface area (Å²) in [5.41, 5.74) is 8.08. The molecular weight excluding hydrogens is 126 g/mol. The second kappa shape index (κ2) is 2.21. The molecule has 0 radical (unpaired) electrons. The smallest absolute Gasteiger partial charge is 0.138 e. The molecule has 0 aliphatic heterocycles. The van der Waals surface area contributed by atoms with Crippen molar-refractivity contribution in [3.8, 4) is 5.75 Å². The highest BCUT2D eigenvalue weighted by molar-refractivity contribution is 5.59. The van der Waals surface area contributed by atoms with Crippen molar-refractivity contribution in [2.24, 2.45) is 0 Å². The zero-order valence-electron chi connectivity index (χ0n) is 6.18. The molecule has 0 fully saturated rings. The van der Waals surface area contributed by atoms with Crippen LogP contribution < -0.4 is 5.73 Å². The predicted molar refractivity (Wildman–Crippen MR) is 42.0 cm³/mol. The largest absolute Gasteiger partial charge is 0.506 e. The lowest BCUT2D eigenvalue weighted by Gasteiger charge is -2.04. The van der Waals surface area contributed by atoms with Gasteiger partial charge in [0.2, 0.25) is 0 Å². The van der Waals surface area contributed by atoms with Gasteiger partial charge in [0.25, 0.3) is 0 Å². The van der Waals surface area contributed by atoms with Gasteiger partial charge in [-0.25, -0.2) is 0 Å². The number of phenolic OH excluding ortho intramolecular Hbond substituents is 1. The standard InChI is InChI=1S/C8H11NO/c1-5-3-4-7(10)8(9)6(5)2/h3-4,10H,9H2,1-2H3. The Labute approximate surface area is 60.3 Å². The number of hydrogen-bond acceptors (Lipinski definition) is 2. The molecule has 0 heterocycles. The molecule has 54 valence electrons. The van der Waals surface area contributed by atoms with Crippen LogP contribution in [0, 0.1) is 13.8 Å². The summed E-state index contributed by atoms with van der Waals surface area (Å²) < 4.78 is 0. The van der Waals surface area contributed by atoms with E-state index in [1.165, 1.54) is 0 Å². The maximum atomic E-state index is 9.10. The number of nitrogens with two attached hydrogens (primary N) is 1. The first-order valence-corrected chi connectivity index (χ1v) is 3.17. The first kappa shape index (κ1) is 6.93. The Bertz CT molecular complexity index is 229. The fraction of sp³-hybridized carbons (Fsp3) is 0.250. The number of aryl methyl sites for hydroxylation is 1. The third-order valence-corrected chi connectivity index (χ3v) is 1.76. The molecule has 0 saturated heterocycles. The molecule has 0 saturated carbocycles. The Kier molecular flexibility index (Phi) is 1.53. The van der Waals surface area contributed by atoms with Crippen LogP contribution >= 0.6 is 0 Å². The Morgan fingerprint density at radius 1 is 1.30 bits per heavy atom. The molecular formula is C8H11NO. The highest BCUT2D eigenvalue weighted by Gasteiger charge is 2.00. The van der Waals surface area contributed by atoms with E-state index in [9.17, 15) is 0 Å². The van der Waals surface area contributed by atoms with Crippen molar-refractivity contribution in [2.45, 2.75) is 13.8 Å². The van der Waals surface area contributed by atoms with Gasteiger partial charge in [-0.15, -0.1) is 0 Å². The molecule has 0 spiro atoms. The molecule has 2 nitrogen and oxygen atoms in total. The second-order valence-corrected chi connectivity index (χ2v) is 2.44. The summed E-state index contributed by atoms with van der Waals surface area (Å²) in [6.07, 6.45) is 0. The van der Waals surface area contributed by atoms with Crippen LogP contribution in [0.15, 0.2) is 12.1 Å². The van der Waals surface area contributed by atoms with Crippen molar-refractivity contribution in [2.75, 3.05) is 5.73 Å². The van der Waals surface area contributed by atoms with Gasteiger partial charge in [0, 0.05) is 0 Å². The summed E-state index contributed by atoms with van der Waals surface area (Å²) in [4.78, 5) is 0. The minimum Gasteiger partial charge on any atom is -0.506 e. The first-order chi connectivity index (χ1) is 4.63. The third kappa shape index (κ3) is 0.923. The van der Waals surface area contributed by atoms with E-state index in [0.29, 0.717) is 5.69 Å². The summed E-state index contributed by atoms with van der Waals surface area (Å²) in [6, 6.07) is 3.46. The van der Waals surface area contributed by atoms with Crippen molar-refractivity contribution < 1.29 is 5.11 Å². The average Bonchev–Trinajstić information content (AvgIpc) is 1.93. The topological polar surface area (TPSA) is 46.2 Å². The number of hydrogen-bond donors (Lipinski definition) is 2. The van der Waals surface area contributed by atoms with Gasteiger partial charge in [0.05, 0.1) is 5.69 Å². The number of anilines is 1. The Hall–Kier alpha value is -1.18. The minimum atomic E-state index is 0.170. The van der Waals surface area contributed by atoms with Crippen LogP contribution in [0.1, 0.15) is 11.1 Å². The van der Waals surface area contributed by atoms with Gasteiger partial charge in [-0.05, 0) is 31.0 Å². The second-order valence-electron chi connectivity index (χ2n) is 2.44. The molecule has 1 rings (SSSR count). The van der Waals surface area contributed by atoms with Crippen LogP contribution in [0.5, 0.6) is 5.75 Å². The van der Waals surface area contributed by atoms with Gasteiger partial charge < -0.3 is 10.8 Å². The van der Waals surface area contributed by atoms with Crippen LogP contribution in [-0.2, 0) is 0 Å². The van der Waals surface area contributed by atoms with Gasteiger partial charge in [-0.1, -0.05) is 6.07 Å². The number of aromatic hydroxyl groups is 1. The van der Waals surface area contributed by atoms with Crippen LogP contribution in [-0.4, -0.2) is 5.11 Å². The molecule has 1 aromatic carbocycles. The van der Waals surface area contributed by atoms with E-state index in [4.69, 9.17) is 10.8 Å². The summed E-state index contributed by atoms with van der Waals surface area (Å²) >= 11 is 0. The van der Waals surface area contributed by atoms with Crippen molar-refractivity contribution in [1.82, 2.24) is 0 Å². The minimum absolute atomic E-state index is 0.170. The van der Waals surface area contributed by atoms with Crippen LogP contribution in [0.2, 0.25) is 0 Å². The van der Waals surface area contributed by atoms with Crippen molar-refractivity contribution in [1.29, 1.82) is 0 Å². The van der Waals surface area contributed by atoms with E-state index in [-0.39, 0.29) is 5.75 Å². The summed E-state index contributed by atoms with van der Waals surface area (Å²) in [6.45, 7) is 3.86. The van der Waals surface area contributed by atoms with E-state index >= 15 is 0 Å². The van der Waals surface area contributed by atoms with Gasteiger partial charge in [0.1, 0.15) is 5.75 Å². The highest BCUT2D eigenvalue weighted by atomic mass is 16.3. The predicted octanol–water partition coefficient (Wildman–Crippen LogP) is 1.59. The molecule has 0 unspecified atom stereocenters. The maximum Gasteiger partial charge on any atom is 0.138 e. The van der Waals surface area contributed by atoms with E-state index < -0.39 is 0 Å². The molecule has 0 aromatic heterocycles. The molecule has 1 aromatic rings. The summed E-state index contributed by atoms with van der Waals surface area (Å²) in [5.74, 6) is 0.170. The number of benzene rings is 1. The highest BCUT2D eigenvalue weighted by Crippen LogP contribution is 2.25. The van der Waals surface area contributed by atoms with Crippen LogP contribution in [0.3, 0.4) is 0 Å². The van der Waals surface area contributed by atoms with Gasteiger partial charge in [-0.2, -0.15) is 0 Å². The van der Waals surface area contributed by atoms with E-state index in [0.717, 1.165) is 11.1 Å². The molecule has 0 amide bonds. The van der Waals surface area contributed by atoms with Gasteiger partial charge >= 0.3 is 0 Å². The van der Waals surface area contributed by atoms with Crippen LogP contribution in [0.4, 0.5) is 5.69 Å². The Morgan fingerprint density at radius 2 is 1.90 bits per heavy atom. The fourth-order valence-electron chi connectivity index (χ4n) is 0.823. The number of phenols is 1. The maximum absolute atomic E-state index is 9.10. The van der Waals surface area contributed by atoms with Gasteiger partial charge in [0.15, 0.2) is 0 Å². The molecule has 0 aliphatic carbocycles. The van der Waals surface area contributed by atoms with Crippen molar-refractivity contribution in [3.63, 3.8) is 0 Å². The summed E-state index contributed by atoms with van der Waals surface area (Å²) in [7, 11) is 0. The normalized spacial score (nSPS) is 9.80. The zero-order valence-corrected chi connectivity index (χ0v) is 6.18. The molecule has 0 bridgehead atoms. The Morgan fingerprint density at radius 3 is 2.40 bits per heavy atom. The first-order valence-electron chi connectivity index (χ1n) is 3.17. The molecule has 0 aliphatic rings. The lowest BCUT2D eigenvalue weighted by molar-refractivity contribution is 0.477. The fourth-order valence-corrected chi connectivity index (χ4v) is 0.823. The van der Waals surface area contributed by atoms with E-state index in [1.807, 2.05) is 19.9 Å². The monoisotopic (exact) mass is 137 g/mol. The molecule has 3 N–H and O–H groups in total. The van der Waals surface area contributed by atoms with Crippen LogP contribution in [0.25, 0.3) is 0 Å². The average molecular weight is 137 g/mol. The van der Waals surface area contributed by atoms with E-state index in [2.05, 4.69) is 0 Å². The molecule has 10 heavy (non-hydrogen) atoms. The number of rotatable bonds is 0. The lowest BCUT2D eigenvalue weighted by atomic mass is 10.1. The third-order valence-electron chi connectivity index (χ3n) is 1.76. The quantitative estimate of drug-likeness (QED) is 0.421. The zero-order chi connectivity index (χ0) is 7.72. The number of nitrogen functional groups attached to an aromatic ring is 1.